The molecule has 114 valence electrons. The van der Waals surface area contributed by atoms with Crippen LogP contribution in [0.25, 0.3) is 0 Å². The first-order chi connectivity index (χ1) is 9.02. The Balaban J connectivity index is 3.21. The lowest BCUT2D eigenvalue weighted by molar-refractivity contribution is 0.350. The van der Waals surface area contributed by atoms with E-state index in [0.717, 1.165) is 12.5 Å². The Morgan fingerprint density at radius 2 is 1.90 bits per heavy atom. The molecule has 0 aliphatic carbocycles. The SMILES string of the molecule is CCC(C)(C)CNS(=O)(=O)c1c(C)cc(F)c(N)c1C. The van der Waals surface area contributed by atoms with Crippen molar-refractivity contribution < 1.29 is 12.8 Å². The zero-order valence-corrected chi connectivity index (χ0v) is 13.5. The van der Waals surface area contributed by atoms with Crippen LogP contribution in [0.3, 0.4) is 0 Å². The fourth-order valence-corrected chi connectivity index (χ4v) is 3.55. The van der Waals surface area contributed by atoms with Crippen LogP contribution in [0.1, 0.15) is 38.3 Å². The summed E-state index contributed by atoms with van der Waals surface area (Å²) < 4.78 is 40.9. The minimum absolute atomic E-state index is 0.0725. The number of hydrogen-bond acceptors (Lipinski definition) is 3. The number of halogens is 1. The van der Waals surface area contributed by atoms with Gasteiger partial charge in [0.15, 0.2) is 0 Å². The third-order valence-corrected chi connectivity index (χ3v) is 5.36. The summed E-state index contributed by atoms with van der Waals surface area (Å²) in [6, 6.07) is 1.15. The van der Waals surface area contributed by atoms with E-state index in [1.54, 1.807) is 6.92 Å². The lowest BCUT2D eigenvalue weighted by Gasteiger charge is -2.23. The van der Waals surface area contributed by atoms with E-state index in [2.05, 4.69) is 4.72 Å². The molecule has 0 aliphatic heterocycles. The summed E-state index contributed by atoms with van der Waals surface area (Å²) in [4.78, 5) is 0.0725. The van der Waals surface area contributed by atoms with Crippen LogP contribution in [0.2, 0.25) is 0 Å². The van der Waals surface area contributed by atoms with Gasteiger partial charge in [0.25, 0.3) is 0 Å². The second kappa shape index (κ2) is 5.69. The number of anilines is 1. The van der Waals surface area contributed by atoms with E-state index in [9.17, 15) is 12.8 Å². The molecule has 0 unspecified atom stereocenters. The zero-order chi connectivity index (χ0) is 15.7. The van der Waals surface area contributed by atoms with Gasteiger partial charge in [-0.1, -0.05) is 20.8 Å². The average Bonchev–Trinajstić information content (AvgIpc) is 2.34. The minimum Gasteiger partial charge on any atom is -0.396 e. The van der Waals surface area contributed by atoms with E-state index in [1.807, 2.05) is 20.8 Å². The number of nitrogens with two attached hydrogens (primary N) is 1. The maximum atomic E-state index is 13.5. The molecule has 3 N–H and O–H groups in total. The van der Waals surface area contributed by atoms with Gasteiger partial charge in [-0.3, -0.25) is 0 Å². The standard InChI is InChI=1S/C14H23FN2O2S/c1-6-14(4,5)8-17-20(18,19)13-9(2)7-11(15)12(16)10(13)3/h7,17H,6,8,16H2,1-5H3. The summed E-state index contributed by atoms with van der Waals surface area (Å²) in [5, 5.41) is 0. The Morgan fingerprint density at radius 1 is 1.35 bits per heavy atom. The van der Waals surface area contributed by atoms with Crippen molar-refractivity contribution in [2.45, 2.75) is 45.9 Å². The van der Waals surface area contributed by atoms with Crippen molar-refractivity contribution in [3.05, 3.63) is 23.0 Å². The lowest BCUT2D eigenvalue weighted by Crippen LogP contribution is -2.34. The van der Waals surface area contributed by atoms with Gasteiger partial charge in [0.2, 0.25) is 10.0 Å². The smallest absolute Gasteiger partial charge is 0.241 e. The van der Waals surface area contributed by atoms with Crippen LogP contribution in [0.4, 0.5) is 10.1 Å². The number of hydrogen-bond donors (Lipinski definition) is 2. The topological polar surface area (TPSA) is 72.2 Å². The number of nitrogen functional groups attached to an aromatic ring is 1. The molecule has 1 aromatic carbocycles. The Kier molecular flexibility index (Phi) is 4.82. The zero-order valence-electron chi connectivity index (χ0n) is 12.7. The normalized spacial score (nSPS) is 12.7. The first-order valence-electron chi connectivity index (χ1n) is 6.56. The quantitative estimate of drug-likeness (QED) is 0.821. The molecular weight excluding hydrogens is 279 g/mol. The Bertz CT molecular complexity index is 610. The van der Waals surface area contributed by atoms with Gasteiger partial charge in [-0.2, -0.15) is 0 Å². The van der Waals surface area contributed by atoms with E-state index in [1.165, 1.54) is 6.92 Å². The van der Waals surface area contributed by atoms with Crippen molar-refractivity contribution in [3.63, 3.8) is 0 Å². The van der Waals surface area contributed by atoms with E-state index in [4.69, 9.17) is 5.73 Å². The molecule has 0 amide bonds. The van der Waals surface area contributed by atoms with E-state index >= 15 is 0 Å². The highest BCUT2D eigenvalue weighted by atomic mass is 32.2. The van der Waals surface area contributed by atoms with Crippen LogP contribution >= 0.6 is 0 Å². The van der Waals surface area contributed by atoms with E-state index in [0.29, 0.717) is 12.1 Å². The number of nitrogens with one attached hydrogen (secondary N) is 1. The fraction of sp³-hybridized carbons (Fsp3) is 0.571. The van der Waals surface area contributed by atoms with Gasteiger partial charge in [0, 0.05) is 6.54 Å². The second-order valence-electron chi connectivity index (χ2n) is 5.89. The minimum atomic E-state index is -3.70. The van der Waals surface area contributed by atoms with Crippen molar-refractivity contribution in [2.24, 2.45) is 5.41 Å². The molecule has 20 heavy (non-hydrogen) atoms. The number of benzene rings is 1. The molecule has 4 nitrogen and oxygen atoms in total. The summed E-state index contributed by atoms with van der Waals surface area (Å²) in [5.41, 5.74) is 5.94. The summed E-state index contributed by atoms with van der Waals surface area (Å²) in [5.74, 6) is -0.590. The van der Waals surface area contributed by atoms with Crippen LogP contribution in [-0.4, -0.2) is 15.0 Å². The van der Waals surface area contributed by atoms with E-state index < -0.39 is 15.8 Å². The molecule has 0 spiro atoms. The van der Waals surface area contributed by atoms with Crippen molar-refractivity contribution in [1.29, 1.82) is 0 Å². The summed E-state index contributed by atoms with van der Waals surface area (Å²) in [6.45, 7) is 9.37. The summed E-state index contributed by atoms with van der Waals surface area (Å²) >= 11 is 0. The highest BCUT2D eigenvalue weighted by molar-refractivity contribution is 7.89. The summed E-state index contributed by atoms with van der Waals surface area (Å²) in [6.07, 6.45) is 0.846. The Morgan fingerprint density at radius 3 is 2.40 bits per heavy atom. The van der Waals surface area contributed by atoms with Gasteiger partial charge in [0.1, 0.15) is 5.82 Å². The monoisotopic (exact) mass is 302 g/mol. The molecule has 1 aromatic rings. The molecule has 0 saturated carbocycles. The molecule has 0 radical (unpaired) electrons. The number of rotatable bonds is 5. The van der Waals surface area contributed by atoms with Gasteiger partial charge in [-0.25, -0.2) is 17.5 Å². The van der Waals surface area contributed by atoms with Crippen molar-refractivity contribution in [3.8, 4) is 0 Å². The Labute approximate surface area is 120 Å². The predicted octanol–water partition coefficient (Wildman–Crippen LogP) is 2.74. The molecule has 6 heteroatoms. The molecule has 0 fully saturated rings. The molecule has 0 aromatic heterocycles. The van der Waals surface area contributed by atoms with Crippen LogP contribution in [0.15, 0.2) is 11.0 Å². The highest BCUT2D eigenvalue weighted by Gasteiger charge is 2.25. The fourth-order valence-electron chi connectivity index (χ4n) is 1.83. The third-order valence-electron chi connectivity index (χ3n) is 3.67. The molecule has 0 saturated heterocycles. The van der Waals surface area contributed by atoms with Gasteiger partial charge in [-0.15, -0.1) is 0 Å². The predicted molar refractivity (Wildman–Crippen MR) is 79.5 cm³/mol. The van der Waals surface area contributed by atoms with Crippen molar-refractivity contribution >= 4 is 15.7 Å². The molecule has 1 rings (SSSR count). The van der Waals surface area contributed by atoms with Gasteiger partial charge in [0.05, 0.1) is 10.6 Å². The first kappa shape index (κ1) is 16.9. The largest absolute Gasteiger partial charge is 0.396 e. The maximum Gasteiger partial charge on any atom is 0.241 e. The van der Waals surface area contributed by atoms with Crippen LogP contribution in [-0.2, 0) is 10.0 Å². The van der Waals surface area contributed by atoms with Crippen molar-refractivity contribution in [2.75, 3.05) is 12.3 Å². The van der Waals surface area contributed by atoms with E-state index in [-0.39, 0.29) is 21.6 Å². The van der Waals surface area contributed by atoms with Gasteiger partial charge < -0.3 is 5.73 Å². The highest BCUT2D eigenvalue weighted by Crippen LogP contribution is 2.28. The molecule has 0 atom stereocenters. The molecular formula is C14H23FN2O2S. The molecule has 0 bridgehead atoms. The third kappa shape index (κ3) is 3.49. The van der Waals surface area contributed by atoms with Gasteiger partial charge >= 0.3 is 0 Å². The van der Waals surface area contributed by atoms with Crippen LogP contribution in [0, 0.1) is 25.1 Å². The number of sulfonamides is 1. The van der Waals surface area contributed by atoms with Crippen LogP contribution in [0.5, 0.6) is 0 Å². The van der Waals surface area contributed by atoms with Crippen molar-refractivity contribution in [1.82, 2.24) is 4.72 Å². The first-order valence-corrected chi connectivity index (χ1v) is 8.05. The van der Waals surface area contributed by atoms with Crippen LogP contribution < -0.4 is 10.5 Å². The number of aryl methyl sites for hydroxylation is 1. The average molecular weight is 302 g/mol. The lowest BCUT2D eigenvalue weighted by atomic mass is 9.91. The Hall–Kier alpha value is -1.14. The van der Waals surface area contributed by atoms with Gasteiger partial charge in [-0.05, 0) is 42.9 Å². The molecule has 0 aliphatic rings. The molecule has 0 heterocycles. The second-order valence-corrected chi connectivity index (χ2v) is 7.59. The summed E-state index contributed by atoms with van der Waals surface area (Å²) in [7, 11) is -3.70. The maximum absolute atomic E-state index is 13.5.